The molecule has 0 saturated carbocycles. The first-order chi connectivity index (χ1) is 20.5. The number of piperidine rings is 1. The Bertz CT molecular complexity index is 1460. The highest BCUT2D eigenvalue weighted by atomic mass is 19.1. The van der Waals surface area contributed by atoms with Crippen LogP contribution >= 0.6 is 0 Å². The molecule has 43 heavy (non-hydrogen) atoms. The number of carbonyl (C=O) groups is 1. The second-order valence-electron chi connectivity index (χ2n) is 12.1. The Morgan fingerprint density at radius 3 is 2.26 bits per heavy atom. The van der Waals surface area contributed by atoms with E-state index in [1.54, 1.807) is 7.11 Å². The van der Waals surface area contributed by atoms with Gasteiger partial charge in [-0.1, -0.05) is 6.07 Å². The summed E-state index contributed by atoms with van der Waals surface area (Å²) >= 11 is 0. The molecule has 11 heteroatoms. The van der Waals surface area contributed by atoms with Gasteiger partial charge in [0.1, 0.15) is 23.8 Å². The van der Waals surface area contributed by atoms with Crippen molar-refractivity contribution in [3.05, 3.63) is 65.0 Å². The van der Waals surface area contributed by atoms with Crippen molar-refractivity contribution >= 4 is 17.7 Å². The van der Waals surface area contributed by atoms with Gasteiger partial charge in [-0.2, -0.15) is 0 Å². The minimum Gasteiger partial charge on any atom is -0.496 e. The van der Waals surface area contributed by atoms with Crippen LogP contribution in [0.25, 0.3) is 0 Å². The number of nitrogens with one attached hydrogen (secondary N) is 1. The van der Waals surface area contributed by atoms with Gasteiger partial charge >= 0.3 is 6.09 Å². The molecule has 1 N–H and O–H groups in total. The predicted molar refractivity (Wildman–Crippen MR) is 157 cm³/mol. The Morgan fingerprint density at radius 2 is 1.65 bits per heavy atom. The lowest BCUT2D eigenvalue weighted by atomic mass is 9.84. The fraction of sp³-hybridized carbons (Fsp3) is 0.469. The van der Waals surface area contributed by atoms with E-state index in [4.69, 9.17) is 18.9 Å². The Morgan fingerprint density at radius 1 is 1.00 bits per heavy atom. The van der Waals surface area contributed by atoms with Gasteiger partial charge in [0, 0.05) is 23.8 Å². The van der Waals surface area contributed by atoms with Gasteiger partial charge < -0.3 is 29.2 Å². The van der Waals surface area contributed by atoms with Crippen LogP contribution in [0.1, 0.15) is 69.1 Å². The van der Waals surface area contributed by atoms with Crippen LogP contribution < -0.4 is 19.5 Å². The van der Waals surface area contributed by atoms with Gasteiger partial charge in [0.15, 0.2) is 17.3 Å². The highest BCUT2D eigenvalue weighted by Crippen LogP contribution is 2.46. The van der Waals surface area contributed by atoms with Crippen molar-refractivity contribution in [1.29, 1.82) is 0 Å². The highest BCUT2D eigenvalue weighted by Gasteiger charge is 2.45. The average Bonchev–Trinajstić information content (AvgIpc) is 3.24. The molecule has 3 heterocycles. The van der Waals surface area contributed by atoms with E-state index in [9.17, 15) is 13.6 Å². The van der Waals surface area contributed by atoms with Crippen molar-refractivity contribution < 1.29 is 32.5 Å². The maximum absolute atomic E-state index is 14.6. The number of hydrogen-bond acceptors (Lipinski definition) is 8. The van der Waals surface area contributed by atoms with Gasteiger partial charge in [-0.05, 0) is 82.6 Å². The molecule has 0 radical (unpaired) electrons. The number of benzene rings is 2. The van der Waals surface area contributed by atoms with Crippen molar-refractivity contribution in [2.24, 2.45) is 0 Å². The molecule has 2 aliphatic rings. The van der Waals surface area contributed by atoms with E-state index in [2.05, 4.69) is 15.3 Å². The molecule has 2 unspecified atom stereocenters. The van der Waals surface area contributed by atoms with Crippen LogP contribution in [0.2, 0.25) is 0 Å². The summed E-state index contributed by atoms with van der Waals surface area (Å²) in [7, 11) is 2.97. The van der Waals surface area contributed by atoms with Crippen molar-refractivity contribution in [1.82, 2.24) is 14.9 Å². The maximum Gasteiger partial charge on any atom is 0.410 e. The number of carbonyl (C=O) groups excluding carboxylic acids is 1. The Balaban J connectivity index is 1.22. The van der Waals surface area contributed by atoms with Crippen LogP contribution in [-0.2, 0) is 11.3 Å². The number of ether oxygens (including phenoxy) is 4. The molecule has 2 atom stereocenters. The van der Waals surface area contributed by atoms with Crippen LogP contribution in [-0.4, -0.2) is 52.9 Å². The summed E-state index contributed by atoms with van der Waals surface area (Å²) in [6.45, 7) is 6.86. The minimum atomic E-state index is -0.802. The molecular weight excluding hydrogens is 558 g/mol. The molecule has 2 fully saturated rings. The van der Waals surface area contributed by atoms with Crippen molar-refractivity contribution in [3.8, 4) is 17.2 Å². The lowest BCUT2D eigenvalue weighted by Gasteiger charge is -2.40. The van der Waals surface area contributed by atoms with Gasteiger partial charge in [0.05, 0.1) is 32.2 Å². The van der Waals surface area contributed by atoms with Gasteiger partial charge in [-0.3, -0.25) is 0 Å². The number of anilines is 2. The Kier molecular flexibility index (Phi) is 8.62. The van der Waals surface area contributed by atoms with E-state index in [-0.39, 0.29) is 53.3 Å². The number of nitrogens with zero attached hydrogens (tertiary/aromatic N) is 3. The van der Waals surface area contributed by atoms with Crippen molar-refractivity contribution in [2.75, 3.05) is 19.5 Å². The zero-order valence-corrected chi connectivity index (χ0v) is 25.4. The van der Waals surface area contributed by atoms with E-state index in [1.807, 2.05) is 43.9 Å². The van der Waals surface area contributed by atoms with Crippen LogP contribution in [0, 0.1) is 18.6 Å². The van der Waals surface area contributed by atoms with Gasteiger partial charge in [0.25, 0.3) is 0 Å². The van der Waals surface area contributed by atoms with E-state index in [0.29, 0.717) is 5.95 Å². The fourth-order valence-corrected chi connectivity index (χ4v) is 5.99. The van der Waals surface area contributed by atoms with E-state index < -0.39 is 17.2 Å². The van der Waals surface area contributed by atoms with E-state index >= 15 is 0 Å². The molecule has 2 aliphatic heterocycles. The van der Waals surface area contributed by atoms with Crippen molar-refractivity contribution in [2.45, 2.75) is 83.6 Å². The van der Waals surface area contributed by atoms with E-state index in [1.165, 1.54) is 32.5 Å². The third-order valence-corrected chi connectivity index (χ3v) is 7.94. The molecule has 9 nitrogen and oxygen atoms in total. The molecule has 0 aliphatic carbocycles. The Hall–Kier alpha value is -4.15. The second-order valence-corrected chi connectivity index (χ2v) is 12.1. The lowest BCUT2D eigenvalue weighted by Crippen LogP contribution is -2.48. The molecule has 0 spiro atoms. The molecule has 1 aromatic heterocycles. The number of hydrogen-bond donors (Lipinski definition) is 1. The van der Waals surface area contributed by atoms with Gasteiger partial charge in [-0.15, -0.1) is 0 Å². The van der Waals surface area contributed by atoms with Gasteiger partial charge in [0.2, 0.25) is 5.95 Å². The number of aromatic nitrogens is 2. The summed E-state index contributed by atoms with van der Waals surface area (Å²) < 4.78 is 51.0. The monoisotopic (exact) mass is 596 g/mol. The third kappa shape index (κ3) is 6.60. The van der Waals surface area contributed by atoms with Crippen LogP contribution in [0.3, 0.4) is 0 Å². The first-order valence-electron chi connectivity index (χ1n) is 14.4. The summed E-state index contributed by atoms with van der Waals surface area (Å²) in [5.74, 6) is 0.0483. The maximum atomic E-state index is 14.6. The van der Waals surface area contributed by atoms with Crippen LogP contribution in [0.5, 0.6) is 17.2 Å². The molecular formula is C32H38F2N4O5. The number of aryl methyl sites for hydroxylation is 1. The standard InChI is InChI=1S/C32H38F2N4O5/c1-18-11-27(41-6)29(34)25(28(18)33)17-42-23-15-35-30(36-16-23)37-20-7-10-24(26(14-20)40-5)19-12-21-8-9-22(13-19)38(21)31(39)43-32(2,3)4/h7,10-11,14-16,19,21-22H,8-9,12-13,17H2,1-6H3,(H,35,36,37). The summed E-state index contributed by atoms with van der Waals surface area (Å²) in [4.78, 5) is 23.4. The van der Waals surface area contributed by atoms with Crippen LogP contribution in [0.4, 0.5) is 25.2 Å². The minimum absolute atomic E-state index is 0.0478. The fourth-order valence-electron chi connectivity index (χ4n) is 5.99. The molecule has 1 amide bonds. The molecule has 2 aromatic carbocycles. The smallest absolute Gasteiger partial charge is 0.410 e. The predicted octanol–water partition coefficient (Wildman–Crippen LogP) is 7.05. The topological polar surface area (TPSA) is 95.0 Å². The summed E-state index contributed by atoms with van der Waals surface area (Å²) in [5, 5.41) is 3.16. The summed E-state index contributed by atoms with van der Waals surface area (Å²) in [6, 6.07) is 7.50. The first kappa shape index (κ1) is 30.3. The Labute approximate surface area is 250 Å². The molecule has 3 aromatic rings. The SMILES string of the molecule is COc1cc(Nc2ncc(OCc3c(F)c(C)cc(OC)c3F)cn2)ccc1C1CC2CCC(C1)N2C(=O)OC(C)(C)C. The average molecular weight is 597 g/mol. The number of fused-ring (bicyclic) bond motifs is 2. The molecule has 5 rings (SSSR count). The lowest BCUT2D eigenvalue weighted by molar-refractivity contribution is 0.00578. The highest BCUT2D eigenvalue weighted by molar-refractivity contribution is 5.70. The molecule has 230 valence electrons. The van der Waals surface area contributed by atoms with E-state index in [0.717, 1.165) is 42.7 Å². The zero-order chi connectivity index (χ0) is 30.9. The number of halogens is 2. The number of amides is 1. The van der Waals surface area contributed by atoms with Crippen molar-refractivity contribution in [3.63, 3.8) is 0 Å². The van der Waals surface area contributed by atoms with Gasteiger partial charge in [-0.25, -0.2) is 23.5 Å². The molecule has 2 saturated heterocycles. The van der Waals surface area contributed by atoms with Crippen LogP contribution in [0.15, 0.2) is 36.7 Å². The summed E-state index contributed by atoms with van der Waals surface area (Å²) in [6.07, 6.45) is 6.29. The first-order valence-corrected chi connectivity index (χ1v) is 14.4. The summed E-state index contributed by atoms with van der Waals surface area (Å²) in [5.41, 5.74) is 1.35. The normalized spacial score (nSPS) is 19.6. The number of methoxy groups -OCH3 is 2. The molecule has 2 bridgehead atoms. The number of rotatable bonds is 8. The third-order valence-electron chi connectivity index (χ3n) is 7.94. The largest absolute Gasteiger partial charge is 0.496 e. The second kappa shape index (κ2) is 12.2. The zero-order valence-electron chi connectivity index (χ0n) is 25.4. The quantitative estimate of drug-likeness (QED) is 0.296.